The summed E-state index contributed by atoms with van der Waals surface area (Å²) in [5.74, 6) is 1.26. The molecule has 0 saturated carbocycles. The average Bonchev–Trinajstić information content (AvgIpc) is 2.85. The summed E-state index contributed by atoms with van der Waals surface area (Å²) < 4.78 is 16.2. The van der Waals surface area contributed by atoms with E-state index in [-0.39, 0.29) is 5.91 Å². The van der Waals surface area contributed by atoms with E-state index in [4.69, 9.17) is 14.2 Å². The molecule has 6 heteroatoms. The molecule has 6 nitrogen and oxygen atoms in total. The highest BCUT2D eigenvalue weighted by molar-refractivity contribution is 5.98. The lowest BCUT2D eigenvalue weighted by Gasteiger charge is -2.23. The van der Waals surface area contributed by atoms with Crippen molar-refractivity contribution in [2.24, 2.45) is 0 Å². The Hall–Kier alpha value is -2.89. The van der Waals surface area contributed by atoms with E-state index < -0.39 is 0 Å². The smallest absolute Gasteiger partial charge is 0.258 e. The standard InChI is InChI=1S/C20H24N2O4/c1-21-11-12-22(13-14-7-5-6-8-16(14)21)20(23)15-9-10-17(24-2)19(26-4)18(15)25-3/h5-10H,11-13H2,1-4H3. The van der Waals surface area contributed by atoms with Gasteiger partial charge in [-0.3, -0.25) is 4.79 Å². The lowest BCUT2D eigenvalue weighted by Crippen LogP contribution is -2.34. The molecule has 0 fully saturated rings. The average molecular weight is 356 g/mol. The Kier molecular flexibility index (Phi) is 5.21. The van der Waals surface area contributed by atoms with Crippen molar-refractivity contribution in [1.29, 1.82) is 0 Å². The number of para-hydroxylation sites is 1. The first-order valence-electron chi connectivity index (χ1n) is 8.48. The molecule has 1 amide bonds. The Labute approximate surface area is 153 Å². The van der Waals surface area contributed by atoms with Gasteiger partial charge in [0, 0.05) is 32.4 Å². The molecule has 1 aliphatic heterocycles. The van der Waals surface area contributed by atoms with Crippen LogP contribution in [0.2, 0.25) is 0 Å². The minimum Gasteiger partial charge on any atom is -0.493 e. The first kappa shape index (κ1) is 17.9. The van der Waals surface area contributed by atoms with Crippen molar-refractivity contribution < 1.29 is 19.0 Å². The van der Waals surface area contributed by atoms with E-state index in [0.29, 0.717) is 35.9 Å². The van der Waals surface area contributed by atoms with Crippen LogP contribution < -0.4 is 19.1 Å². The van der Waals surface area contributed by atoms with Gasteiger partial charge in [0.2, 0.25) is 5.75 Å². The number of carbonyl (C=O) groups excluding carboxylic acids is 1. The normalized spacial score (nSPS) is 13.7. The van der Waals surface area contributed by atoms with E-state index in [9.17, 15) is 4.79 Å². The molecule has 0 radical (unpaired) electrons. The van der Waals surface area contributed by atoms with Gasteiger partial charge in [-0.2, -0.15) is 0 Å². The van der Waals surface area contributed by atoms with Crippen molar-refractivity contribution >= 4 is 11.6 Å². The number of carbonyl (C=O) groups is 1. The number of amides is 1. The maximum atomic E-state index is 13.2. The summed E-state index contributed by atoms with van der Waals surface area (Å²) in [4.78, 5) is 17.3. The van der Waals surface area contributed by atoms with Crippen LogP contribution in [0.4, 0.5) is 5.69 Å². The molecule has 0 spiro atoms. The van der Waals surface area contributed by atoms with Crippen LogP contribution in [0.5, 0.6) is 17.2 Å². The summed E-state index contributed by atoms with van der Waals surface area (Å²) in [6.07, 6.45) is 0. The quantitative estimate of drug-likeness (QED) is 0.843. The summed E-state index contributed by atoms with van der Waals surface area (Å²) in [7, 11) is 6.66. The Bertz CT molecular complexity index is 806. The van der Waals surface area contributed by atoms with Crippen molar-refractivity contribution in [3.8, 4) is 17.2 Å². The highest BCUT2D eigenvalue weighted by atomic mass is 16.5. The van der Waals surface area contributed by atoms with Gasteiger partial charge in [0.25, 0.3) is 5.91 Å². The molecule has 1 heterocycles. The third-order valence-corrected chi connectivity index (χ3v) is 4.69. The minimum absolute atomic E-state index is 0.0899. The zero-order valence-corrected chi connectivity index (χ0v) is 15.6. The van der Waals surface area contributed by atoms with Gasteiger partial charge in [0.1, 0.15) is 0 Å². The molecule has 0 unspecified atom stereocenters. The van der Waals surface area contributed by atoms with E-state index in [1.54, 1.807) is 19.2 Å². The molecule has 1 aliphatic rings. The molecule has 2 aromatic carbocycles. The van der Waals surface area contributed by atoms with Crippen molar-refractivity contribution in [3.63, 3.8) is 0 Å². The van der Waals surface area contributed by atoms with Crippen molar-refractivity contribution in [3.05, 3.63) is 47.5 Å². The SMILES string of the molecule is COc1ccc(C(=O)N2CCN(C)c3ccccc3C2)c(OC)c1OC. The Morgan fingerprint density at radius 2 is 1.65 bits per heavy atom. The number of methoxy groups -OCH3 is 3. The molecular weight excluding hydrogens is 332 g/mol. The lowest BCUT2D eigenvalue weighted by molar-refractivity contribution is 0.0747. The maximum Gasteiger partial charge on any atom is 0.258 e. The highest BCUT2D eigenvalue weighted by Gasteiger charge is 2.27. The van der Waals surface area contributed by atoms with Crippen LogP contribution in [0, 0.1) is 0 Å². The Morgan fingerprint density at radius 3 is 2.35 bits per heavy atom. The maximum absolute atomic E-state index is 13.2. The van der Waals surface area contributed by atoms with Crippen molar-refractivity contribution in [2.75, 3.05) is 46.4 Å². The third-order valence-electron chi connectivity index (χ3n) is 4.69. The molecule has 0 N–H and O–H groups in total. The number of ether oxygens (including phenoxy) is 3. The van der Waals surface area contributed by atoms with Gasteiger partial charge in [0.05, 0.1) is 26.9 Å². The van der Waals surface area contributed by atoms with Crippen LogP contribution in [0.1, 0.15) is 15.9 Å². The topological polar surface area (TPSA) is 51.2 Å². The van der Waals surface area contributed by atoms with E-state index in [1.807, 2.05) is 24.1 Å². The Morgan fingerprint density at radius 1 is 0.923 bits per heavy atom. The van der Waals surface area contributed by atoms with Gasteiger partial charge in [-0.25, -0.2) is 0 Å². The number of nitrogens with zero attached hydrogens (tertiary/aromatic N) is 2. The fourth-order valence-corrected chi connectivity index (χ4v) is 3.31. The zero-order chi connectivity index (χ0) is 18.7. The largest absolute Gasteiger partial charge is 0.493 e. The van der Waals surface area contributed by atoms with Gasteiger partial charge in [0.15, 0.2) is 11.5 Å². The predicted molar refractivity (Wildman–Crippen MR) is 101 cm³/mol. The molecule has 3 rings (SSSR count). The second-order valence-electron chi connectivity index (χ2n) is 6.16. The number of anilines is 1. The number of likely N-dealkylation sites (N-methyl/N-ethyl adjacent to an activating group) is 1. The summed E-state index contributed by atoms with van der Waals surface area (Å²) in [6, 6.07) is 11.6. The van der Waals surface area contributed by atoms with Crippen LogP contribution in [0.25, 0.3) is 0 Å². The minimum atomic E-state index is -0.0899. The van der Waals surface area contributed by atoms with Gasteiger partial charge in [-0.05, 0) is 23.8 Å². The summed E-state index contributed by atoms with van der Waals surface area (Å²) in [5, 5.41) is 0. The monoisotopic (exact) mass is 356 g/mol. The van der Waals surface area contributed by atoms with Gasteiger partial charge in [-0.15, -0.1) is 0 Å². The van der Waals surface area contributed by atoms with Crippen LogP contribution in [-0.4, -0.2) is 52.3 Å². The molecule has 0 aromatic heterocycles. The van der Waals surface area contributed by atoms with Gasteiger partial charge < -0.3 is 24.0 Å². The van der Waals surface area contributed by atoms with E-state index >= 15 is 0 Å². The van der Waals surface area contributed by atoms with Crippen LogP contribution in [0.15, 0.2) is 36.4 Å². The fourth-order valence-electron chi connectivity index (χ4n) is 3.31. The van der Waals surface area contributed by atoms with E-state index in [1.165, 1.54) is 14.2 Å². The number of hydrogen-bond acceptors (Lipinski definition) is 5. The molecule has 138 valence electrons. The number of fused-ring (bicyclic) bond motifs is 1. The molecule has 0 saturated heterocycles. The molecule has 0 aliphatic carbocycles. The first-order chi connectivity index (χ1) is 12.6. The fraction of sp³-hybridized carbons (Fsp3) is 0.350. The van der Waals surface area contributed by atoms with Crippen molar-refractivity contribution in [1.82, 2.24) is 4.90 Å². The number of hydrogen-bond donors (Lipinski definition) is 0. The van der Waals surface area contributed by atoms with Crippen LogP contribution in [-0.2, 0) is 6.54 Å². The number of benzene rings is 2. The molecular formula is C20H24N2O4. The van der Waals surface area contributed by atoms with E-state index in [0.717, 1.165) is 17.8 Å². The predicted octanol–water partition coefficient (Wildman–Crippen LogP) is 2.80. The van der Waals surface area contributed by atoms with Crippen molar-refractivity contribution in [2.45, 2.75) is 6.54 Å². The Balaban J connectivity index is 1.97. The molecule has 0 bridgehead atoms. The second-order valence-corrected chi connectivity index (χ2v) is 6.16. The van der Waals surface area contributed by atoms with E-state index in [2.05, 4.69) is 17.0 Å². The summed E-state index contributed by atoms with van der Waals surface area (Å²) >= 11 is 0. The third kappa shape index (κ3) is 3.14. The van der Waals surface area contributed by atoms with Gasteiger partial charge >= 0.3 is 0 Å². The first-order valence-corrected chi connectivity index (χ1v) is 8.48. The highest BCUT2D eigenvalue weighted by Crippen LogP contribution is 2.40. The molecule has 2 aromatic rings. The second kappa shape index (κ2) is 7.56. The summed E-state index contributed by atoms with van der Waals surface area (Å²) in [5.41, 5.74) is 2.74. The molecule has 0 atom stereocenters. The zero-order valence-electron chi connectivity index (χ0n) is 15.6. The van der Waals surface area contributed by atoms with Crippen LogP contribution in [0.3, 0.4) is 0 Å². The summed E-state index contributed by atoms with van der Waals surface area (Å²) in [6.45, 7) is 1.94. The molecule has 26 heavy (non-hydrogen) atoms. The van der Waals surface area contributed by atoms with Gasteiger partial charge in [-0.1, -0.05) is 18.2 Å². The number of rotatable bonds is 4. The lowest BCUT2D eigenvalue weighted by atomic mass is 10.1. The van der Waals surface area contributed by atoms with Crippen LogP contribution >= 0.6 is 0 Å².